The topological polar surface area (TPSA) is 78.5 Å². The van der Waals surface area contributed by atoms with Crippen molar-refractivity contribution in [2.24, 2.45) is 0 Å². The van der Waals surface area contributed by atoms with Gasteiger partial charge in [-0.1, -0.05) is 12.1 Å². The molecule has 0 radical (unpaired) electrons. The Hall–Kier alpha value is -2.37. The first-order chi connectivity index (χ1) is 10.6. The fraction of sp³-hybridized carbons (Fsp3) is 0.438. The zero-order chi connectivity index (χ0) is 15.5. The van der Waals surface area contributed by atoms with Crippen LogP contribution in [-0.2, 0) is 9.59 Å². The highest BCUT2D eigenvalue weighted by molar-refractivity contribution is 6.09. The Bertz CT molecular complexity index is 608. The summed E-state index contributed by atoms with van der Waals surface area (Å²) in [4.78, 5) is 38.3. The van der Waals surface area contributed by atoms with Crippen molar-refractivity contribution in [2.75, 3.05) is 18.4 Å². The lowest BCUT2D eigenvalue weighted by atomic mass is 10.1. The first-order valence-corrected chi connectivity index (χ1v) is 7.63. The molecule has 116 valence electrons. The molecule has 3 amide bonds. The molecule has 6 heteroatoms. The highest BCUT2D eigenvalue weighted by Crippen LogP contribution is 2.19. The molecule has 1 atom stereocenters. The molecule has 1 fully saturated rings. The van der Waals surface area contributed by atoms with Crippen molar-refractivity contribution >= 4 is 23.4 Å². The summed E-state index contributed by atoms with van der Waals surface area (Å²) in [5.74, 6) is -0.499. The van der Waals surface area contributed by atoms with Crippen LogP contribution in [0, 0.1) is 0 Å². The summed E-state index contributed by atoms with van der Waals surface area (Å²) in [6, 6.07) is 6.21. The van der Waals surface area contributed by atoms with Gasteiger partial charge in [0.2, 0.25) is 11.8 Å². The Morgan fingerprint density at radius 3 is 2.68 bits per heavy atom. The van der Waals surface area contributed by atoms with Crippen molar-refractivity contribution in [1.29, 1.82) is 0 Å². The summed E-state index contributed by atoms with van der Waals surface area (Å²) in [5, 5.41) is 5.46. The first-order valence-electron chi connectivity index (χ1n) is 7.63. The van der Waals surface area contributed by atoms with Crippen LogP contribution in [0.3, 0.4) is 0 Å². The van der Waals surface area contributed by atoms with Crippen LogP contribution in [0.2, 0.25) is 0 Å². The molecule has 1 aromatic carbocycles. The number of anilines is 1. The first kappa shape index (κ1) is 14.6. The normalized spacial score (nSPS) is 20.9. The van der Waals surface area contributed by atoms with Gasteiger partial charge in [-0.2, -0.15) is 0 Å². The van der Waals surface area contributed by atoms with E-state index in [4.69, 9.17) is 0 Å². The van der Waals surface area contributed by atoms with Crippen LogP contribution in [0.4, 0.5) is 5.69 Å². The zero-order valence-electron chi connectivity index (χ0n) is 12.3. The highest BCUT2D eigenvalue weighted by Gasteiger charge is 2.28. The Labute approximate surface area is 128 Å². The Kier molecular flexibility index (Phi) is 4.09. The monoisotopic (exact) mass is 301 g/mol. The second kappa shape index (κ2) is 6.17. The van der Waals surface area contributed by atoms with Gasteiger partial charge in [0.05, 0.1) is 11.3 Å². The van der Waals surface area contributed by atoms with Gasteiger partial charge in [0, 0.05) is 19.5 Å². The van der Waals surface area contributed by atoms with Gasteiger partial charge in [-0.3, -0.25) is 14.4 Å². The van der Waals surface area contributed by atoms with Gasteiger partial charge in [0.25, 0.3) is 5.91 Å². The van der Waals surface area contributed by atoms with Gasteiger partial charge >= 0.3 is 0 Å². The summed E-state index contributed by atoms with van der Waals surface area (Å²) in [6.07, 6.45) is 2.68. The number of likely N-dealkylation sites (tertiary alicyclic amines) is 1. The zero-order valence-corrected chi connectivity index (χ0v) is 12.3. The Balaban J connectivity index is 1.64. The molecule has 2 heterocycles. The van der Waals surface area contributed by atoms with E-state index in [1.165, 1.54) is 0 Å². The molecule has 1 saturated heterocycles. The number of amides is 3. The molecule has 0 saturated carbocycles. The number of nitrogens with one attached hydrogen (secondary N) is 2. The third-order valence-electron chi connectivity index (χ3n) is 4.16. The average molecular weight is 301 g/mol. The number of hydrogen-bond acceptors (Lipinski definition) is 3. The van der Waals surface area contributed by atoms with Crippen LogP contribution in [-0.4, -0.2) is 41.8 Å². The Morgan fingerprint density at radius 1 is 1.18 bits per heavy atom. The standard InChI is InChI=1S/C16H19N3O3/c20-14(19-9-3-4-10-19)8-7-13-16(22)17-12-6-2-1-5-11(12)15(21)18-13/h1-2,5-6,13H,3-4,7-10H2,(H,17,22)(H,18,21)/t13-/m0/s1. The van der Waals surface area contributed by atoms with E-state index in [-0.39, 0.29) is 24.1 Å². The van der Waals surface area contributed by atoms with E-state index in [0.717, 1.165) is 25.9 Å². The number of para-hydroxylation sites is 1. The van der Waals surface area contributed by atoms with Gasteiger partial charge in [-0.25, -0.2) is 0 Å². The molecule has 1 aromatic rings. The maximum Gasteiger partial charge on any atom is 0.254 e. The quantitative estimate of drug-likeness (QED) is 0.878. The van der Waals surface area contributed by atoms with Crippen molar-refractivity contribution in [1.82, 2.24) is 10.2 Å². The summed E-state index contributed by atoms with van der Waals surface area (Å²) in [7, 11) is 0. The fourth-order valence-electron chi connectivity index (χ4n) is 2.91. The lowest BCUT2D eigenvalue weighted by Crippen LogP contribution is -2.42. The maximum absolute atomic E-state index is 12.2. The van der Waals surface area contributed by atoms with Crippen molar-refractivity contribution in [3.63, 3.8) is 0 Å². The van der Waals surface area contributed by atoms with Gasteiger partial charge in [0.15, 0.2) is 0 Å². The molecule has 0 aliphatic carbocycles. The van der Waals surface area contributed by atoms with Crippen LogP contribution in [0.15, 0.2) is 24.3 Å². The van der Waals surface area contributed by atoms with Gasteiger partial charge in [-0.15, -0.1) is 0 Å². The number of fused-ring (bicyclic) bond motifs is 1. The molecule has 2 aliphatic heterocycles. The Morgan fingerprint density at radius 2 is 1.91 bits per heavy atom. The third kappa shape index (κ3) is 2.95. The average Bonchev–Trinajstić information content (AvgIpc) is 3.02. The van der Waals surface area contributed by atoms with E-state index in [9.17, 15) is 14.4 Å². The van der Waals surface area contributed by atoms with Crippen LogP contribution in [0.5, 0.6) is 0 Å². The summed E-state index contributed by atoms with van der Waals surface area (Å²) in [6.45, 7) is 1.60. The fourth-order valence-corrected chi connectivity index (χ4v) is 2.91. The molecule has 2 N–H and O–H groups in total. The molecular formula is C16H19N3O3. The lowest BCUT2D eigenvalue weighted by Gasteiger charge is -2.18. The smallest absolute Gasteiger partial charge is 0.254 e. The number of benzene rings is 1. The minimum absolute atomic E-state index is 0.0568. The van der Waals surface area contributed by atoms with E-state index in [1.807, 2.05) is 4.90 Å². The second-order valence-electron chi connectivity index (χ2n) is 5.69. The minimum Gasteiger partial charge on any atom is -0.343 e. The minimum atomic E-state index is -0.675. The molecule has 0 bridgehead atoms. The van der Waals surface area contributed by atoms with Gasteiger partial charge in [-0.05, 0) is 31.4 Å². The van der Waals surface area contributed by atoms with Crippen molar-refractivity contribution in [3.05, 3.63) is 29.8 Å². The van der Waals surface area contributed by atoms with E-state index >= 15 is 0 Å². The number of nitrogens with zero attached hydrogens (tertiary/aromatic N) is 1. The summed E-state index contributed by atoms with van der Waals surface area (Å²) in [5.41, 5.74) is 0.961. The molecule has 22 heavy (non-hydrogen) atoms. The lowest BCUT2D eigenvalue weighted by molar-refractivity contribution is -0.130. The van der Waals surface area contributed by atoms with Crippen LogP contribution >= 0.6 is 0 Å². The SMILES string of the molecule is O=C1N[C@@H](CCC(=O)N2CCCC2)C(=O)Nc2ccccc21. The molecule has 3 rings (SSSR count). The second-order valence-corrected chi connectivity index (χ2v) is 5.69. The highest BCUT2D eigenvalue weighted by atomic mass is 16.2. The van der Waals surface area contributed by atoms with Gasteiger partial charge in [0.1, 0.15) is 6.04 Å². The number of carbonyl (C=O) groups excluding carboxylic acids is 3. The number of carbonyl (C=O) groups is 3. The van der Waals surface area contributed by atoms with E-state index in [0.29, 0.717) is 17.7 Å². The van der Waals surface area contributed by atoms with E-state index in [1.54, 1.807) is 24.3 Å². The largest absolute Gasteiger partial charge is 0.343 e. The molecule has 0 unspecified atom stereocenters. The molecule has 0 spiro atoms. The van der Waals surface area contributed by atoms with E-state index in [2.05, 4.69) is 10.6 Å². The molecule has 0 aromatic heterocycles. The molecular weight excluding hydrogens is 282 g/mol. The predicted octanol–water partition coefficient (Wildman–Crippen LogP) is 1.14. The third-order valence-corrected chi connectivity index (χ3v) is 4.16. The summed E-state index contributed by atoms with van der Waals surface area (Å²) < 4.78 is 0. The van der Waals surface area contributed by atoms with E-state index < -0.39 is 6.04 Å². The van der Waals surface area contributed by atoms with Crippen molar-refractivity contribution in [2.45, 2.75) is 31.7 Å². The van der Waals surface area contributed by atoms with Crippen LogP contribution in [0.1, 0.15) is 36.0 Å². The van der Waals surface area contributed by atoms with Crippen molar-refractivity contribution < 1.29 is 14.4 Å². The van der Waals surface area contributed by atoms with Crippen LogP contribution in [0.25, 0.3) is 0 Å². The summed E-state index contributed by atoms with van der Waals surface area (Å²) >= 11 is 0. The number of hydrogen-bond donors (Lipinski definition) is 2. The van der Waals surface area contributed by atoms with Crippen molar-refractivity contribution in [3.8, 4) is 0 Å². The predicted molar refractivity (Wildman–Crippen MR) is 81.4 cm³/mol. The maximum atomic E-state index is 12.2. The number of rotatable bonds is 3. The molecule has 2 aliphatic rings. The van der Waals surface area contributed by atoms with Gasteiger partial charge < -0.3 is 15.5 Å². The van der Waals surface area contributed by atoms with Crippen LogP contribution < -0.4 is 10.6 Å². The molecule has 6 nitrogen and oxygen atoms in total.